The molecule has 1 atom stereocenters. The lowest BCUT2D eigenvalue weighted by Gasteiger charge is -2.28. The molecule has 0 aliphatic carbocycles. The average molecular weight is 608 g/mol. The Morgan fingerprint density at radius 3 is 2.74 bits per heavy atom. The number of ether oxygens (including phenoxy) is 1. The van der Waals surface area contributed by atoms with Gasteiger partial charge < -0.3 is 19.4 Å². The van der Waals surface area contributed by atoms with Crippen molar-refractivity contribution < 1.29 is 19.1 Å². The van der Waals surface area contributed by atoms with Gasteiger partial charge in [-0.15, -0.1) is 0 Å². The molecule has 1 N–H and O–H groups in total. The van der Waals surface area contributed by atoms with Crippen LogP contribution in [0.1, 0.15) is 45.2 Å². The van der Waals surface area contributed by atoms with Crippen LogP contribution in [0.15, 0.2) is 64.4 Å². The van der Waals surface area contributed by atoms with Crippen molar-refractivity contribution in [2.45, 2.75) is 42.0 Å². The van der Waals surface area contributed by atoms with Crippen LogP contribution in [0.5, 0.6) is 5.75 Å². The van der Waals surface area contributed by atoms with Crippen LogP contribution in [0, 0.1) is 6.92 Å². The summed E-state index contributed by atoms with van der Waals surface area (Å²) in [4.78, 5) is 49.8. The number of anilines is 1. The molecule has 1 aliphatic heterocycles. The number of nitrogens with zero attached hydrogens (tertiary/aromatic N) is 4. The molecule has 0 saturated carbocycles. The van der Waals surface area contributed by atoms with Crippen molar-refractivity contribution in [2.75, 3.05) is 46.2 Å². The fraction of sp³-hybridized carbons (Fsp3) is 0.355. The highest BCUT2D eigenvalue weighted by molar-refractivity contribution is 8.01. The molecule has 0 bridgehead atoms. The summed E-state index contributed by atoms with van der Waals surface area (Å²) in [6.45, 7) is 9.80. The van der Waals surface area contributed by atoms with E-state index in [1.807, 2.05) is 58.3 Å². The minimum absolute atomic E-state index is 0.124. The van der Waals surface area contributed by atoms with Gasteiger partial charge in [-0.25, -0.2) is 4.98 Å². The maximum absolute atomic E-state index is 13.7. The molecule has 222 valence electrons. The monoisotopic (exact) mass is 607 g/mol. The van der Waals surface area contributed by atoms with Crippen molar-refractivity contribution in [3.63, 3.8) is 0 Å². The zero-order valence-corrected chi connectivity index (χ0v) is 26.3. The molecule has 1 saturated heterocycles. The number of hydrogen-bond acceptors (Lipinski definition) is 8. The van der Waals surface area contributed by atoms with E-state index in [2.05, 4.69) is 21.8 Å². The maximum atomic E-state index is 13.7. The van der Waals surface area contributed by atoms with Gasteiger partial charge >= 0.3 is 0 Å². The first-order chi connectivity index (χ1) is 20.1. The minimum atomic E-state index is -0.213. The van der Waals surface area contributed by atoms with Crippen LogP contribution in [0.3, 0.4) is 0 Å². The largest absolute Gasteiger partial charge is 0.496 e. The second-order valence-electron chi connectivity index (χ2n) is 10.5. The molecule has 1 aliphatic rings. The highest BCUT2D eigenvalue weighted by Gasteiger charge is 2.29. The van der Waals surface area contributed by atoms with Crippen molar-refractivity contribution in [1.82, 2.24) is 19.7 Å². The molecule has 2 heterocycles. The van der Waals surface area contributed by atoms with E-state index in [9.17, 15) is 14.4 Å². The number of amides is 3. The molecular formula is C31H37N5O4S2. The van der Waals surface area contributed by atoms with Crippen LogP contribution in [0.25, 0.3) is 0 Å². The molecule has 0 spiro atoms. The molecule has 42 heavy (non-hydrogen) atoms. The predicted molar refractivity (Wildman–Crippen MR) is 168 cm³/mol. The van der Waals surface area contributed by atoms with Gasteiger partial charge in [0.15, 0.2) is 5.13 Å². The molecule has 11 heteroatoms. The first kappa shape index (κ1) is 31.3. The standard InChI is InChI=1S/C31H37N5O4S2/c1-7-27(37)36-13-9-12-35(18-21(36)3)30(39)24-16-26(20(2)14-25(24)40-6)41-28-17-32-31(42-28)33-29(38)23-11-8-10-22(15-23)19-34(4)5/h7-8,10-11,14-17,21H,1,9,12-13,18-19H2,2-6H3,(H,32,33,38). The minimum Gasteiger partial charge on any atom is -0.496 e. The Morgan fingerprint density at radius 1 is 1.24 bits per heavy atom. The third-order valence-electron chi connectivity index (χ3n) is 6.92. The number of methoxy groups -OCH3 is 1. The Balaban J connectivity index is 1.49. The molecule has 3 amide bonds. The van der Waals surface area contributed by atoms with Gasteiger partial charge in [-0.1, -0.05) is 41.8 Å². The van der Waals surface area contributed by atoms with E-state index in [4.69, 9.17) is 4.74 Å². The number of rotatable bonds is 9. The predicted octanol–water partition coefficient (Wildman–Crippen LogP) is 5.17. The molecule has 1 unspecified atom stereocenters. The summed E-state index contributed by atoms with van der Waals surface area (Å²) < 4.78 is 6.48. The van der Waals surface area contributed by atoms with Crippen molar-refractivity contribution in [3.8, 4) is 5.75 Å². The summed E-state index contributed by atoms with van der Waals surface area (Å²) in [5, 5.41) is 3.40. The Morgan fingerprint density at radius 2 is 2.02 bits per heavy atom. The number of aryl methyl sites for hydroxylation is 1. The lowest BCUT2D eigenvalue weighted by atomic mass is 10.1. The van der Waals surface area contributed by atoms with Gasteiger partial charge in [-0.05, 0) is 75.8 Å². The van der Waals surface area contributed by atoms with E-state index in [0.29, 0.717) is 48.1 Å². The van der Waals surface area contributed by atoms with Crippen molar-refractivity contribution >= 4 is 46.0 Å². The lowest BCUT2D eigenvalue weighted by molar-refractivity contribution is -0.127. The molecule has 4 rings (SSSR count). The molecule has 2 aromatic carbocycles. The Kier molecular flexibility index (Phi) is 10.4. The summed E-state index contributed by atoms with van der Waals surface area (Å²) in [6.07, 6.45) is 3.72. The smallest absolute Gasteiger partial charge is 0.257 e. The molecule has 3 aromatic rings. The van der Waals surface area contributed by atoms with Crippen LogP contribution >= 0.6 is 23.1 Å². The lowest BCUT2D eigenvalue weighted by Crippen LogP contribution is -2.43. The van der Waals surface area contributed by atoms with E-state index in [1.54, 1.807) is 29.2 Å². The highest BCUT2D eigenvalue weighted by Crippen LogP contribution is 2.38. The maximum Gasteiger partial charge on any atom is 0.257 e. The third kappa shape index (κ3) is 7.58. The fourth-order valence-corrected chi connectivity index (χ4v) is 6.82. The summed E-state index contributed by atoms with van der Waals surface area (Å²) in [5.74, 6) is 0.0325. The van der Waals surface area contributed by atoms with E-state index < -0.39 is 0 Å². The normalized spacial score (nSPS) is 15.3. The second kappa shape index (κ2) is 14.0. The molecule has 1 fully saturated rings. The van der Waals surface area contributed by atoms with Crippen LogP contribution in [-0.4, -0.2) is 84.3 Å². The first-order valence-corrected chi connectivity index (χ1v) is 15.3. The summed E-state index contributed by atoms with van der Waals surface area (Å²) in [7, 11) is 5.53. The average Bonchev–Trinajstić information content (AvgIpc) is 3.30. The number of hydrogen-bond donors (Lipinski definition) is 1. The van der Waals surface area contributed by atoms with E-state index in [1.165, 1.54) is 29.2 Å². The van der Waals surface area contributed by atoms with Crippen LogP contribution in [-0.2, 0) is 11.3 Å². The molecule has 0 radical (unpaired) electrons. The van der Waals surface area contributed by atoms with Crippen LogP contribution < -0.4 is 10.1 Å². The van der Waals surface area contributed by atoms with Crippen LogP contribution in [0.2, 0.25) is 0 Å². The Labute approximate surface area is 255 Å². The second-order valence-corrected chi connectivity index (χ2v) is 12.9. The zero-order chi connectivity index (χ0) is 30.4. The van der Waals surface area contributed by atoms with Gasteiger partial charge in [-0.3, -0.25) is 19.7 Å². The molecular weight excluding hydrogens is 571 g/mol. The molecule has 1 aromatic heterocycles. The fourth-order valence-electron chi connectivity index (χ4n) is 4.89. The van der Waals surface area contributed by atoms with E-state index >= 15 is 0 Å². The summed E-state index contributed by atoms with van der Waals surface area (Å²) in [6, 6.07) is 11.2. The van der Waals surface area contributed by atoms with Gasteiger partial charge in [0.25, 0.3) is 11.8 Å². The Hall–Kier alpha value is -3.67. The van der Waals surface area contributed by atoms with Crippen molar-refractivity contribution in [3.05, 3.63) is 77.5 Å². The number of aromatic nitrogens is 1. The third-order valence-corrected chi connectivity index (χ3v) is 9.09. The quantitative estimate of drug-likeness (QED) is 0.335. The van der Waals surface area contributed by atoms with Crippen LogP contribution in [0.4, 0.5) is 5.13 Å². The highest BCUT2D eigenvalue weighted by atomic mass is 32.2. The zero-order valence-electron chi connectivity index (χ0n) is 24.7. The van der Waals surface area contributed by atoms with Gasteiger partial charge in [0, 0.05) is 42.7 Å². The number of benzene rings is 2. The van der Waals surface area contributed by atoms with E-state index in [0.717, 1.165) is 26.8 Å². The Bertz CT molecular complexity index is 1470. The van der Waals surface area contributed by atoms with Gasteiger partial charge in [0.05, 0.1) is 23.1 Å². The first-order valence-electron chi connectivity index (χ1n) is 13.7. The van der Waals surface area contributed by atoms with Gasteiger partial charge in [0.1, 0.15) is 5.75 Å². The summed E-state index contributed by atoms with van der Waals surface area (Å²) >= 11 is 2.86. The van der Waals surface area contributed by atoms with Gasteiger partial charge in [-0.2, -0.15) is 0 Å². The number of nitrogens with one attached hydrogen (secondary N) is 1. The molecule has 9 nitrogen and oxygen atoms in total. The topological polar surface area (TPSA) is 95.1 Å². The number of carbonyl (C=O) groups is 3. The SMILES string of the molecule is C=CC(=O)N1CCCN(C(=O)c2cc(Sc3cnc(NC(=O)c4cccc(CN(C)C)c4)s3)c(C)cc2OC)CC1C. The van der Waals surface area contributed by atoms with E-state index in [-0.39, 0.29) is 23.8 Å². The number of thiazole rings is 1. The van der Waals surface area contributed by atoms with Gasteiger partial charge in [0.2, 0.25) is 5.91 Å². The number of carbonyl (C=O) groups excluding carboxylic acids is 3. The van der Waals surface area contributed by atoms with Crippen molar-refractivity contribution in [2.24, 2.45) is 0 Å². The summed E-state index contributed by atoms with van der Waals surface area (Å²) in [5.41, 5.74) is 3.06. The van der Waals surface area contributed by atoms with Crippen molar-refractivity contribution in [1.29, 1.82) is 0 Å².